The van der Waals surface area contributed by atoms with Gasteiger partial charge in [-0.15, -0.1) is 0 Å². The van der Waals surface area contributed by atoms with Crippen molar-refractivity contribution in [3.63, 3.8) is 0 Å². The Labute approximate surface area is 134 Å². The van der Waals surface area contributed by atoms with Gasteiger partial charge in [0, 0.05) is 24.7 Å². The lowest BCUT2D eigenvalue weighted by atomic mass is 10.1. The molecule has 2 aromatic rings. The quantitative estimate of drug-likeness (QED) is 0.837. The van der Waals surface area contributed by atoms with Crippen LogP contribution in [-0.2, 0) is 6.54 Å². The third kappa shape index (κ3) is 4.30. The summed E-state index contributed by atoms with van der Waals surface area (Å²) >= 11 is 3.34. The fourth-order valence-corrected chi connectivity index (χ4v) is 2.73. The Morgan fingerprint density at radius 2 is 1.81 bits per heavy atom. The fraction of sp³-hybridized carbons (Fsp3) is 0.294. The fourth-order valence-electron chi connectivity index (χ4n) is 2.32. The smallest absolute Gasteiger partial charge is 0.134 e. The molecule has 0 bridgehead atoms. The molecule has 0 saturated heterocycles. The van der Waals surface area contributed by atoms with Crippen molar-refractivity contribution in [1.29, 1.82) is 0 Å². The van der Waals surface area contributed by atoms with Crippen LogP contribution in [0.2, 0.25) is 0 Å². The van der Waals surface area contributed by atoms with Crippen molar-refractivity contribution < 1.29 is 5.11 Å². The zero-order chi connectivity index (χ0) is 15.2. The number of nitrogens with zero attached hydrogens (tertiary/aromatic N) is 1. The first-order valence-corrected chi connectivity index (χ1v) is 7.77. The molecule has 0 aliphatic heterocycles. The molecule has 1 atom stereocenters. The van der Waals surface area contributed by atoms with Crippen LogP contribution in [0.25, 0.3) is 0 Å². The van der Waals surface area contributed by atoms with Gasteiger partial charge < -0.3 is 15.3 Å². The van der Waals surface area contributed by atoms with E-state index in [1.807, 2.05) is 24.3 Å². The second kappa shape index (κ2) is 7.59. The topological polar surface area (TPSA) is 35.5 Å². The van der Waals surface area contributed by atoms with Crippen LogP contribution in [0.15, 0.2) is 53.0 Å². The van der Waals surface area contributed by atoms with Crippen molar-refractivity contribution in [2.75, 3.05) is 20.6 Å². The summed E-state index contributed by atoms with van der Waals surface area (Å²) in [7, 11) is 4.16. The monoisotopic (exact) mass is 348 g/mol. The summed E-state index contributed by atoms with van der Waals surface area (Å²) in [4.78, 5) is 2.20. The van der Waals surface area contributed by atoms with Crippen molar-refractivity contribution >= 4 is 15.9 Å². The molecule has 3 nitrogen and oxygen atoms in total. The van der Waals surface area contributed by atoms with Crippen molar-refractivity contribution in [3.8, 4) is 5.75 Å². The highest BCUT2D eigenvalue weighted by Gasteiger charge is 2.13. The van der Waals surface area contributed by atoms with Gasteiger partial charge in [-0.1, -0.05) is 42.5 Å². The summed E-state index contributed by atoms with van der Waals surface area (Å²) in [5.74, 6) is 0.311. The summed E-state index contributed by atoms with van der Waals surface area (Å²) in [6, 6.07) is 16.4. The molecule has 2 aromatic carbocycles. The first kappa shape index (κ1) is 16.0. The highest BCUT2D eigenvalue weighted by molar-refractivity contribution is 9.10. The molecule has 1 unspecified atom stereocenters. The van der Waals surface area contributed by atoms with E-state index in [1.54, 1.807) is 0 Å². The van der Waals surface area contributed by atoms with Gasteiger partial charge in [0.05, 0.1) is 4.47 Å². The number of para-hydroxylation sites is 1. The average molecular weight is 349 g/mol. The molecule has 0 aliphatic rings. The lowest BCUT2D eigenvalue weighted by Gasteiger charge is -2.25. The Morgan fingerprint density at radius 1 is 1.10 bits per heavy atom. The van der Waals surface area contributed by atoms with Gasteiger partial charge in [-0.2, -0.15) is 0 Å². The minimum Gasteiger partial charge on any atom is -0.506 e. The first-order valence-electron chi connectivity index (χ1n) is 6.98. The molecular weight excluding hydrogens is 328 g/mol. The second-order valence-corrected chi connectivity index (χ2v) is 6.12. The summed E-state index contributed by atoms with van der Waals surface area (Å²) < 4.78 is 0.731. The van der Waals surface area contributed by atoms with E-state index in [9.17, 15) is 5.11 Å². The van der Waals surface area contributed by atoms with E-state index in [0.29, 0.717) is 18.3 Å². The van der Waals surface area contributed by atoms with Crippen LogP contribution < -0.4 is 5.32 Å². The van der Waals surface area contributed by atoms with Crippen LogP contribution in [-0.4, -0.2) is 30.6 Å². The van der Waals surface area contributed by atoms with Crippen LogP contribution >= 0.6 is 15.9 Å². The molecule has 21 heavy (non-hydrogen) atoms. The van der Waals surface area contributed by atoms with Gasteiger partial charge in [0.15, 0.2) is 0 Å². The minimum absolute atomic E-state index is 0.306. The number of nitrogens with one attached hydrogen (secondary N) is 1. The van der Waals surface area contributed by atoms with E-state index in [-0.39, 0.29) is 0 Å². The number of phenolic OH excluding ortho intramolecular Hbond substituents is 1. The number of hydrogen-bond acceptors (Lipinski definition) is 3. The Balaban J connectivity index is 1.99. The van der Waals surface area contributed by atoms with Gasteiger partial charge in [0.25, 0.3) is 0 Å². The molecule has 0 aliphatic carbocycles. The van der Waals surface area contributed by atoms with Gasteiger partial charge in [-0.05, 0) is 41.7 Å². The summed E-state index contributed by atoms with van der Waals surface area (Å²) in [5.41, 5.74) is 2.18. The lowest BCUT2D eigenvalue weighted by molar-refractivity contribution is 0.288. The summed E-state index contributed by atoms with van der Waals surface area (Å²) in [6.45, 7) is 1.46. The molecule has 0 aromatic heterocycles. The van der Waals surface area contributed by atoms with Gasteiger partial charge in [0.1, 0.15) is 5.75 Å². The number of aromatic hydroxyl groups is 1. The Bertz CT molecular complexity index is 572. The number of phenols is 1. The Morgan fingerprint density at radius 3 is 2.48 bits per heavy atom. The Hall–Kier alpha value is -1.36. The van der Waals surface area contributed by atoms with E-state index in [4.69, 9.17) is 0 Å². The number of halogens is 1. The predicted octanol–water partition coefficient (Wildman–Crippen LogP) is 3.55. The molecule has 0 saturated carbocycles. The second-order valence-electron chi connectivity index (χ2n) is 5.27. The number of benzene rings is 2. The summed E-state index contributed by atoms with van der Waals surface area (Å²) in [6.07, 6.45) is 0. The van der Waals surface area contributed by atoms with E-state index in [2.05, 4.69) is 64.5 Å². The number of hydrogen-bond donors (Lipinski definition) is 2. The van der Waals surface area contributed by atoms with Crippen molar-refractivity contribution in [2.24, 2.45) is 0 Å². The third-order valence-electron chi connectivity index (χ3n) is 3.53. The van der Waals surface area contributed by atoms with Gasteiger partial charge >= 0.3 is 0 Å². The van der Waals surface area contributed by atoms with Crippen molar-refractivity contribution in [1.82, 2.24) is 10.2 Å². The maximum Gasteiger partial charge on any atom is 0.134 e. The molecule has 0 spiro atoms. The van der Waals surface area contributed by atoms with Gasteiger partial charge in [0.2, 0.25) is 0 Å². The van der Waals surface area contributed by atoms with Crippen LogP contribution in [0, 0.1) is 0 Å². The molecule has 0 radical (unpaired) electrons. The molecule has 2 N–H and O–H groups in total. The maximum atomic E-state index is 9.99. The van der Waals surface area contributed by atoms with E-state index in [0.717, 1.165) is 16.6 Å². The maximum absolute atomic E-state index is 9.99. The molecule has 0 fully saturated rings. The highest BCUT2D eigenvalue weighted by Crippen LogP contribution is 2.27. The normalized spacial score (nSPS) is 12.6. The van der Waals surface area contributed by atoms with Crippen molar-refractivity contribution in [3.05, 3.63) is 64.1 Å². The number of likely N-dealkylation sites (N-methyl/N-ethyl adjacent to an activating group) is 1. The third-order valence-corrected chi connectivity index (χ3v) is 4.17. The van der Waals surface area contributed by atoms with E-state index < -0.39 is 0 Å². The SMILES string of the molecule is CN(C)C(CNCc1cccc(Br)c1O)c1ccccc1. The lowest BCUT2D eigenvalue weighted by Crippen LogP contribution is -2.30. The standard InChI is InChI=1S/C17H21BrN2O/c1-20(2)16(13-7-4-3-5-8-13)12-19-11-14-9-6-10-15(18)17(14)21/h3-10,16,19,21H,11-12H2,1-2H3. The van der Waals surface area contributed by atoms with E-state index >= 15 is 0 Å². The van der Waals surface area contributed by atoms with Crippen LogP contribution in [0.3, 0.4) is 0 Å². The van der Waals surface area contributed by atoms with Crippen LogP contribution in [0.5, 0.6) is 5.75 Å². The highest BCUT2D eigenvalue weighted by atomic mass is 79.9. The Kier molecular flexibility index (Phi) is 5.79. The van der Waals surface area contributed by atoms with Crippen LogP contribution in [0.4, 0.5) is 0 Å². The van der Waals surface area contributed by atoms with E-state index in [1.165, 1.54) is 5.56 Å². The zero-order valence-electron chi connectivity index (χ0n) is 12.4. The molecule has 2 rings (SSSR count). The van der Waals surface area contributed by atoms with Gasteiger partial charge in [-0.25, -0.2) is 0 Å². The largest absolute Gasteiger partial charge is 0.506 e. The molecule has 0 heterocycles. The molecule has 0 amide bonds. The first-order chi connectivity index (χ1) is 10.1. The molecular formula is C17H21BrN2O. The predicted molar refractivity (Wildman–Crippen MR) is 90.4 cm³/mol. The average Bonchev–Trinajstić information content (AvgIpc) is 2.48. The summed E-state index contributed by atoms with van der Waals surface area (Å²) in [5, 5.41) is 13.4. The zero-order valence-corrected chi connectivity index (χ0v) is 14.0. The molecule has 4 heteroatoms. The molecule has 112 valence electrons. The van der Waals surface area contributed by atoms with Gasteiger partial charge in [-0.3, -0.25) is 0 Å². The minimum atomic E-state index is 0.306. The van der Waals surface area contributed by atoms with Crippen LogP contribution in [0.1, 0.15) is 17.2 Å². The number of rotatable bonds is 6. The van der Waals surface area contributed by atoms with Crippen molar-refractivity contribution in [2.45, 2.75) is 12.6 Å².